The fourth-order valence-corrected chi connectivity index (χ4v) is 0.845. The first-order valence-corrected chi connectivity index (χ1v) is 4.52. The molecule has 1 unspecified atom stereocenters. The van der Waals surface area contributed by atoms with Gasteiger partial charge in [0.25, 0.3) is 0 Å². The zero-order valence-corrected chi connectivity index (χ0v) is 8.79. The second-order valence-electron chi connectivity index (χ2n) is 3.27. The highest BCUT2D eigenvalue weighted by atomic mass is 19.1. The van der Waals surface area contributed by atoms with Gasteiger partial charge < -0.3 is 0 Å². The van der Waals surface area contributed by atoms with Crippen molar-refractivity contribution in [3.8, 4) is 0 Å². The van der Waals surface area contributed by atoms with E-state index in [1.165, 1.54) is 6.92 Å². The summed E-state index contributed by atoms with van der Waals surface area (Å²) in [5.41, 5.74) is 1.09. The van der Waals surface area contributed by atoms with Crippen LogP contribution >= 0.6 is 0 Å². The number of hydrogen-bond donors (Lipinski definition) is 0. The highest BCUT2D eigenvalue weighted by Gasteiger charge is 1.98. The molecule has 0 aliphatic heterocycles. The highest BCUT2D eigenvalue weighted by molar-refractivity contribution is 5.72. The van der Waals surface area contributed by atoms with Crippen molar-refractivity contribution in [1.82, 2.24) is 0 Å². The summed E-state index contributed by atoms with van der Waals surface area (Å²) in [5.74, 6) is 0.396. The molecule has 0 amide bonds. The molecule has 0 aromatic carbocycles. The average Bonchev–Trinajstić information content (AvgIpc) is 2.03. The van der Waals surface area contributed by atoms with E-state index in [-0.39, 0.29) is 0 Å². The predicted molar refractivity (Wildman–Crippen MR) is 57.0 cm³/mol. The SMILES string of the molecule is CN=C/C=C(\C=C\C(C)F)C(C)C. The van der Waals surface area contributed by atoms with E-state index in [1.54, 1.807) is 19.3 Å². The Morgan fingerprint density at radius 2 is 1.92 bits per heavy atom. The molecule has 0 aromatic heterocycles. The Balaban J connectivity index is 4.44. The molecular formula is C11H18FN. The molecule has 0 fully saturated rings. The smallest absolute Gasteiger partial charge is 0.116 e. The number of aliphatic imine (C=N–C) groups is 1. The minimum atomic E-state index is -0.888. The molecule has 0 radical (unpaired) electrons. The van der Waals surface area contributed by atoms with Crippen molar-refractivity contribution in [1.29, 1.82) is 0 Å². The summed E-state index contributed by atoms with van der Waals surface area (Å²) >= 11 is 0. The van der Waals surface area contributed by atoms with Crippen LogP contribution in [-0.2, 0) is 0 Å². The van der Waals surface area contributed by atoms with Crippen molar-refractivity contribution in [3.63, 3.8) is 0 Å². The monoisotopic (exact) mass is 183 g/mol. The van der Waals surface area contributed by atoms with E-state index >= 15 is 0 Å². The number of hydrogen-bond acceptors (Lipinski definition) is 1. The van der Waals surface area contributed by atoms with Crippen LogP contribution in [0.25, 0.3) is 0 Å². The van der Waals surface area contributed by atoms with Crippen molar-refractivity contribution >= 4 is 6.21 Å². The van der Waals surface area contributed by atoms with Crippen LogP contribution in [0.1, 0.15) is 20.8 Å². The van der Waals surface area contributed by atoms with Gasteiger partial charge in [-0.15, -0.1) is 0 Å². The van der Waals surface area contributed by atoms with E-state index in [4.69, 9.17) is 0 Å². The van der Waals surface area contributed by atoms with Crippen LogP contribution in [0.2, 0.25) is 0 Å². The Labute approximate surface area is 80.1 Å². The summed E-state index contributed by atoms with van der Waals surface area (Å²) in [6.07, 6.45) is 6.11. The molecule has 0 heterocycles. The summed E-state index contributed by atoms with van der Waals surface area (Å²) in [6.45, 7) is 5.66. The van der Waals surface area contributed by atoms with Gasteiger partial charge >= 0.3 is 0 Å². The maximum atomic E-state index is 12.5. The Bertz CT molecular complexity index is 212. The Hall–Kier alpha value is -0.920. The molecule has 13 heavy (non-hydrogen) atoms. The van der Waals surface area contributed by atoms with Crippen LogP contribution in [-0.4, -0.2) is 19.4 Å². The summed E-state index contributed by atoms with van der Waals surface area (Å²) in [6, 6.07) is 0. The molecule has 0 aliphatic rings. The van der Waals surface area contributed by atoms with Crippen LogP contribution in [0.5, 0.6) is 0 Å². The molecule has 0 saturated heterocycles. The lowest BCUT2D eigenvalue weighted by Crippen LogP contribution is -1.93. The minimum absolute atomic E-state index is 0.396. The van der Waals surface area contributed by atoms with E-state index in [1.807, 2.05) is 12.2 Å². The highest BCUT2D eigenvalue weighted by Crippen LogP contribution is 2.10. The normalized spacial score (nSPS) is 16.3. The minimum Gasteiger partial charge on any atom is -0.297 e. The first kappa shape index (κ1) is 12.1. The van der Waals surface area contributed by atoms with Gasteiger partial charge in [0.05, 0.1) is 0 Å². The standard InChI is InChI=1S/C11H18FN/c1-9(2)11(7-8-13-4)6-5-10(3)12/h5-10H,1-4H3/b6-5+,11-7+,13-8?. The third kappa shape index (κ3) is 6.26. The number of allylic oxidation sites excluding steroid dienone is 4. The van der Waals surface area contributed by atoms with Gasteiger partial charge in [-0.25, -0.2) is 4.39 Å². The molecule has 0 aliphatic carbocycles. The Morgan fingerprint density at radius 1 is 1.31 bits per heavy atom. The number of nitrogens with zero attached hydrogens (tertiary/aromatic N) is 1. The van der Waals surface area contributed by atoms with Gasteiger partial charge in [0, 0.05) is 13.3 Å². The molecule has 0 spiro atoms. The predicted octanol–water partition coefficient (Wildman–Crippen LogP) is 3.18. The third-order valence-corrected chi connectivity index (χ3v) is 1.64. The van der Waals surface area contributed by atoms with Gasteiger partial charge in [0.2, 0.25) is 0 Å². The van der Waals surface area contributed by atoms with Gasteiger partial charge in [-0.05, 0) is 24.5 Å². The maximum Gasteiger partial charge on any atom is 0.116 e. The maximum absolute atomic E-state index is 12.5. The van der Waals surface area contributed by atoms with Crippen LogP contribution in [0.3, 0.4) is 0 Å². The van der Waals surface area contributed by atoms with Gasteiger partial charge in [0.1, 0.15) is 6.17 Å². The van der Waals surface area contributed by atoms with E-state index in [9.17, 15) is 4.39 Å². The molecule has 1 nitrogen and oxygen atoms in total. The topological polar surface area (TPSA) is 12.4 Å². The number of alkyl halides is 1. The first-order valence-electron chi connectivity index (χ1n) is 4.52. The van der Waals surface area contributed by atoms with Crippen molar-refractivity contribution in [2.75, 3.05) is 7.05 Å². The third-order valence-electron chi connectivity index (χ3n) is 1.64. The van der Waals surface area contributed by atoms with Crippen LogP contribution < -0.4 is 0 Å². The lowest BCUT2D eigenvalue weighted by atomic mass is 10.0. The van der Waals surface area contributed by atoms with E-state index in [0.29, 0.717) is 5.92 Å². The fourth-order valence-electron chi connectivity index (χ4n) is 0.845. The van der Waals surface area contributed by atoms with Crippen molar-refractivity contribution in [3.05, 3.63) is 23.8 Å². The van der Waals surface area contributed by atoms with Crippen LogP contribution in [0, 0.1) is 5.92 Å². The molecule has 0 bridgehead atoms. The number of halogens is 1. The second kappa shape index (κ2) is 6.58. The Morgan fingerprint density at radius 3 is 2.31 bits per heavy atom. The molecule has 0 N–H and O–H groups in total. The first-order chi connectivity index (χ1) is 6.07. The largest absolute Gasteiger partial charge is 0.297 e. The quantitative estimate of drug-likeness (QED) is 0.469. The second-order valence-corrected chi connectivity index (χ2v) is 3.27. The van der Waals surface area contributed by atoms with Gasteiger partial charge in [-0.3, -0.25) is 4.99 Å². The summed E-state index contributed by atoms with van der Waals surface area (Å²) in [7, 11) is 1.72. The zero-order valence-electron chi connectivity index (χ0n) is 8.79. The van der Waals surface area contributed by atoms with E-state index in [2.05, 4.69) is 18.8 Å². The lowest BCUT2D eigenvalue weighted by Gasteiger charge is -2.04. The fraction of sp³-hybridized carbons (Fsp3) is 0.545. The summed E-state index contributed by atoms with van der Waals surface area (Å²) in [5, 5.41) is 0. The van der Waals surface area contributed by atoms with Crippen LogP contribution in [0.15, 0.2) is 28.8 Å². The molecule has 2 heteroatoms. The zero-order chi connectivity index (χ0) is 10.3. The molecule has 0 saturated carbocycles. The summed E-state index contributed by atoms with van der Waals surface area (Å²) in [4.78, 5) is 3.86. The van der Waals surface area contributed by atoms with E-state index in [0.717, 1.165) is 5.57 Å². The molecule has 74 valence electrons. The lowest BCUT2D eigenvalue weighted by molar-refractivity contribution is 0.430. The molecule has 0 aromatic rings. The van der Waals surface area contributed by atoms with Crippen LogP contribution in [0.4, 0.5) is 4.39 Å². The van der Waals surface area contributed by atoms with Crippen molar-refractivity contribution in [2.45, 2.75) is 26.9 Å². The van der Waals surface area contributed by atoms with Gasteiger partial charge in [0.15, 0.2) is 0 Å². The molecular weight excluding hydrogens is 165 g/mol. The Kier molecular flexibility index (Phi) is 6.11. The molecule has 0 rings (SSSR count). The van der Waals surface area contributed by atoms with Gasteiger partial charge in [-0.2, -0.15) is 0 Å². The van der Waals surface area contributed by atoms with Crippen molar-refractivity contribution in [2.24, 2.45) is 10.9 Å². The number of rotatable bonds is 4. The molecule has 1 atom stereocenters. The van der Waals surface area contributed by atoms with Gasteiger partial charge in [-0.1, -0.05) is 26.0 Å². The van der Waals surface area contributed by atoms with E-state index < -0.39 is 6.17 Å². The summed E-state index contributed by atoms with van der Waals surface area (Å²) < 4.78 is 12.5. The van der Waals surface area contributed by atoms with Crippen molar-refractivity contribution < 1.29 is 4.39 Å². The average molecular weight is 183 g/mol.